The average molecular weight is 341 g/mol. The summed E-state index contributed by atoms with van der Waals surface area (Å²) in [6.45, 7) is 6.57. The van der Waals surface area contributed by atoms with Gasteiger partial charge in [0.05, 0.1) is 0 Å². The summed E-state index contributed by atoms with van der Waals surface area (Å²) in [6.07, 6.45) is 4.35. The Bertz CT molecular complexity index is 401. The monoisotopic (exact) mass is 340 g/mol. The molecule has 2 amide bonds. The first-order valence-corrected chi connectivity index (χ1v) is 8.23. The summed E-state index contributed by atoms with van der Waals surface area (Å²) >= 11 is 3.44. The molecule has 3 nitrogen and oxygen atoms in total. The first-order chi connectivity index (χ1) is 9.67. The molecular formula is C16H25BrN2O. The largest absolute Gasteiger partial charge is 0.334 e. The van der Waals surface area contributed by atoms with Crippen LogP contribution in [-0.2, 0) is 6.54 Å². The van der Waals surface area contributed by atoms with Crippen molar-refractivity contribution in [2.45, 2.75) is 46.1 Å². The molecule has 0 atom stereocenters. The van der Waals surface area contributed by atoms with Crippen LogP contribution < -0.4 is 5.32 Å². The Labute approximate surface area is 130 Å². The van der Waals surface area contributed by atoms with Crippen LogP contribution in [0.15, 0.2) is 28.7 Å². The van der Waals surface area contributed by atoms with Crippen LogP contribution in [0.2, 0.25) is 0 Å². The van der Waals surface area contributed by atoms with Crippen molar-refractivity contribution in [3.63, 3.8) is 0 Å². The first kappa shape index (κ1) is 17.0. The predicted molar refractivity (Wildman–Crippen MR) is 87.8 cm³/mol. The molecule has 0 radical (unpaired) electrons. The van der Waals surface area contributed by atoms with E-state index in [0.29, 0.717) is 6.54 Å². The minimum atomic E-state index is 0.0480. The summed E-state index contributed by atoms with van der Waals surface area (Å²) in [4.78, 5) is 14.2. The van der Waals surface area contributed by atoms with Gasteiger partial charge in [-0.3, -0.25) is 0 Å². The summed E-state index contributed by atoms with van der Waals surface area (Å²) in [7, 11) is 0. The highest BCUT2D eigenvalue weighted by atomic mass is 79.9. The van der Waals surface area contributed by atoms with E-state index < -0.39 is 0 Å². The number of halogens is 1. The first-order valence-electron chi connectivity index (χ1n) is 7.44. The van der Waals surface area contributed by atoms with E-state index in [2.05, 4.69) is 35.1 Å². The molecule has 0 bridgehead atoms. The number of amides is 2. The van der Waals surface area contributed by atoms with Gasteiger partial charge in [0.15, 0.2) is 0 Å². The molecule has 0 unspecified atom stereocenters. The van der Waals surface area contributed by atoms with Crippen molar-refractivity contribution in [3.8, 4) is 0 Å². The minimum Gasteiger partial charge on any atom is -0.334 e. The third-order valence-corrected chi connectivity index (χ3v) is 3.68. The van der Waals surface area contributed by atoms with Crippen molar-refractivity contribution < 1.29 is 4.79 Å². The normalized spacial score (nSPS) is 10.3. The highest BCUT2D eigenvalue weighted by Crippen LogP contribution is 2.11. The second-order valence-electron chi connectivity index (χ2n) is 4.98. The molecule has 0 spiro atoms. The fraction of sp³-hybridized carbons (Fsp3) is 0.562. The quantitative estimate of drug-likeness (QED) is 0.739. The van der Waals surface area contributed by atoms with Crippen LogP contribution in [0.4, 0.5) is 4.79 Å². The molecule has 1 aromatic rings. The number of carbonyl (C=O) groups excluding carboxylic acids is 1. The van der Waals surface area contributed by atoms with Crippen LogP contribution >= 0.6 is 15.9 Å². The van der Waals surface area contributed by atoms with E-state index in [1.54, 1.807) is 0 Å². The Kier molecular flexibility index (Phi) is 8.35. The smallest absolute Gasteiger partial charge is 0.317 e. The lowest BCUT2D eigenvalue weighted by atomic mass is 10.2. The van der Waals surface area contributed by atoms with Crippen LogP contribution in [0.3, 0.4) is 0 Å². The second-order valence-corrected chi connectivity index (χ2v) is 5.90. The number of urea groups is 1. The molecule has 0 fully saturated rings. The van der Waals surface area contributed by atoms with Crippen molar-refractivity contribution in [3.05, 3.63) is 34.3 Å². The Balaban J connectivity index is 2.47. The molecule has 0 heterocycles. The fourth-order valence-electron chi connectivity index (χ4n) is 1.95. The van der Waals surface area contributed by atoms with E-state index in [1.807, 2.05) is 29.2 Å². The number of carbonyl (C=O) groups is 1. The zero-order valence-electron chi connectivity index (χ0n) is 12.5. The van der Waals surface area contributed by atoms with Gasteiger partial charge in [-0.05, 0) is 30.5 Å². The SMILES string of the molecule is CCCCN(CCCC)C(=O)NCc1cccc(Br)c1. The average Bonchev–Trinajstić information content (AvgIpc) is 2.45. The third kappa shape index (κ3) is 6.42. The van der Waals surface area contributed by atoms with Gasteiger partial charge in [0.25, 0.3) is 0 Å². The third-order valence-electron chi connectivity index (χ3n) is 3.18. The Morgan fingerprint density at radius 3 is 2.40 bits per heavy atom. The number of hydrogen-bond donors (Lipinski definition) is 1. The maximum absolute atomic E-state index is 12.2. The fourth-order valence-corrected chi connectivity index (χ4v) is 2.40. The van der Waals surface area contributed by atoms with Gasteiger partial charge in [0, 0.05) is 24.1 Å². The number of unbranched alkanes of at least 4 members (excludes halogenated alkanes) is 2. The van der Waals surface area contributed by atoms with Gasteiger partial charge in [0.1, 0.15) is 0 Å². The van der Waals surface area contributed by atoms with Crippen LogP contribution in [0.1, 0.15) is 45.1 Å². The van der Waals surface area contributed by atoms with Gasteiger partial charge in [0.2, 0.25) is 0 Å². The van der Waals surface area contributed by atoms with Gasteiger partial charge >= 0.3 is 6.03 Å². The van der Waals surface area contributed by atoms with Gasteiger partial charge in [-0.15, -0.1) is 0 Å². The number of nitrogens with zero attached hydrogens (tertiary/aromatic N) is 1. The summed E-state index contributed by atoms with van der Waals surface area (Å²) in [5.74, 6) is 0. The molecule has 112 valence electrons. The Morgan fingerprint density at radius 2 is 1.85 bits per heavy atom. The molecule has 20 heavy (non-hydrogen) atoms. The standard InChI is InChI=1S/C16H25BrN2O/c1-3-5-10-19(11-6-4-2)16(20)18-13-14-8-7-9-15(17)12-14/h7-9,12H,3-6,10-11,13H2,1-2H3,(H,18,20). The molecule has 0 saturated carbocycles. The number of nitrogens with one attached hydrogen (secondary N) is 1. The molecule has 1 aromatic carbocycles. The Morgan fingerprint density at radius 1 is 1.20 bits per heavy atom. The van der Waals surface area contributed by atoms with E-state index in [9.17, 15) is 4.79 Å². The van der Waals surface area contributed by atoms with Crippen LogP contribution in [0, 0.1) is 0 Å². The van der Waals surface area contributed by atoms with E-state index in [1.165, 1.54) is 0 Å². The van der Waals surface area contributed by atoms with E-state index in [0.717, 1.165) is 48.8 Å². The topological polar surface area (TPSA) is 32.3 Å². The predicted octanol–water partition coefficient (Wildman–Crippen LogP) is 4.56. The number of benzene rings is 1. The lowest BCUT2D eigenvalue weighted by Gasteiger charge is -2.22. The molecular weight excluding hydrogens is 316 g/mol. The molecule has 1 N–H and O–H groups in total. The zero-order valence-corrected chi connectivity index (χ0v) is 14.1. The van der Waals surface area contributed by atoms with Gasteiger partial charge in [-0.1, -0.05) is 54.8 Å². The van der Waals surface area contributed by atoms with Gasteiger partial charge in [-0.2, -0.15) is 0 Å². The number of hydrogen-bond acceptors (Lipinski definition) is 1. The second kappa shape index (κ2) is 9.81. The summed E-state index contributed by atoms with van der Waals surface area (Å²) in [5.41, 5.74) is 1.11. The molecule has 1 rings (SSSR count). The maximum atomic E-state index is 12.2. The van der Waals surface area contributed by atoms with E-state index in [-0.39, 0.29) is 6.03 Å². The minimum absolute atomic E-state index is 0.0480. The molecule has 0 aromatic heterocycles. The molecule has 4 heteroatoms. The van der Waals surface area contributed by atoms with Crippen molar-refractivity contribution >= 4 is 22.0 Å². The number of rotatable bonds is 8. The molecule has 0 aliphatic rings. The van der Waals surface area contributed by atoms with Crippen LogP contribution in [0.25, 0.3) is 0 Å². The van der Waals surface area contributed by atoms with Gasteiger partial charge in [-0.25, -0.2) is 4.79 Å². The van der Waals surface area contributed by atoms with Crippen molar-refractivity contribution in [1.29, 1.82) is 0 Å². The summed E-state index contributed by atoms with van der Waals surface area (Å²) in [5, 5.41) is 3.01. The lowest BCUT2D eigenvalue weighted by molar-refractivity contribution is 0.195. The molecule has 0 aliphatic carbocycles. The molecule has 0 saturated heterocycles. The summed E-state index contributed by atoms with van der Waals surface area (Å²) in [6, 6.07) is 8.07. The highest BCUT2D eigenvalue weighted by Gasteiger charge is 2.11. The maximum Gasteiger partial charge on any atom is 0.317 e. The lowest BCUT2D eigenvalue weighted by Crippen LogP contribution is -2.40. The summed E-state index contributed by atoms with van der Waals surface area (Å²) < 4.78 is 1.04. The van der Waals surface area contributed by atoms with Gasteiger partial charge < -0.3 is 10.2 Å². The van der Waals surface area contributed by atoms with Crippen molar-refractivity contribution in [2.24, 2.45) is 0 Å². The highest BCUT2D eigenvalue weighted by molar-refractivity contribution is 9.10. The van der Waals surface area contributed by atoms with E-state index in [4.69, 9.17) is 0 Å². The Hall–Kier alpha value is -1.03. The van der Waals surface area contributed by atoms with E-state index >= 15 is 0 Å². The molecule has 0 aliphatic heterocycles. The van der Waals surface area contributed by atoms with Crippen LogP contribution in [0.5, 0.6) is 0 Å². The zero-order chi connectivity index (χ0) is 14.8. The van der Waals surface area contributed by atoms with Crippen LogP contribution in [-0.4, -0.2) is 24.0 Å². The van der Waals surface area contributed by atoms with Crippen molar-refractivity contribution in [1.82, 2.24) is 10.2 Å². The van der Waals surface area contributed by atoms with Crippen molar-refractivity contribution in [2.75, 3.05) is 13.1 Å².